The van der Waals surface area contributed by atoms with Crippen LogP contribution >= 0.6 is 23.2 Å². The Morgan fingerprint density at radius 1 is 0.975 bits per heavy atom. The number of likely N-dealkylation sites (tertiary alicyclic amines) is 1. The van der Waals surface area contributed by atoms with Gasteiger partial charge in [0.25, 0.3) is 0 Å². The summed E-state index contributed by atoms with van der Waals surface area (Å²) in [5, 5.41) is 1.18. The number of hydrogen-bond acceptors (Lipinski definition) is 6. The van der Waals surface area contributed by atoms with Crippen molar-refractivity contribution in [3.05, 3.63) is 82.1 Å². The molecule has 2 saturated heterocycles. The van der Waals surface area contributed by atoms with Crippen molar-refractivity contribution in [3.63, 3.8) is 0 Å². The van der Waals surface area contributed by atoms with Crippen molar-refractivity contribution in [3.8, 4) is 5.88 Å². The van der Waals surface area contributed by atoms with Gasteiger partial charge in [-0.25, -0.2) is 9.97 Å². The molecule has 4 heterocycles. The summed E-state index contributed by atoms with van der Waals surface area (Å²) in [5.74, 6) is 1.10. The van der Waals surface area contributed by atoms with Crippen LogP contribution in [0.25, 0.3) is 0 Å². The number of rotatable bonds is 7. The number of aromatic nitrogens is 2. The largest absolute Gasteiger partial charge is 0.474 e. The summed E-state index contributed by atoms with van der Waals surface area (Å²) in [6.07, 6.45) is -0.132. The van der Waals surface area contributed by atoms with Gasteiger partial charge in [-0.2, -0.15) is 13.2 Å². The quantitative estimate of drug-likeness (QED) is 0.291. The van der Waals surface area contributed by atoms with Crippen LogP contribution in [-0.4, -0.2) is 59.0 Å². The second-order valence-corrected chi connectivity index (χ2v) is 11.3. The second kappa shape index (κ2) is 11.5. The van der Waals surface area contributed by atoms with Crippen molar-refractivity contribution in [2.45, 2.75) is 43.5 Å². The number of aldehydes is 1. The molecule has 0 saturated carbocycles. The molecule has 3 aromatic rings. The highest BCUT2D eigenvalue weighted by Crippen LogP contribution is 2.42. The number of anilines is 1. The summed E-state index contributed by atoms with van der Waals surface area (Å²) in [7, 11) is 0. The van der Waals surface area contributed by atoms with Crippen LogP contribution in [-0.2, 0) is 11.0 Å². The molecule has 0 bridgehead atoms. The molecule has 0 radical (unpaired) electrons. The molecule has 3 atom stereocenters. The predicted octanol–water partition coefficient (Wildman–Crippen LogP) is 6.52. The Morgan fingerprint density at radius 2 is 1.68 bits per heavy atom. The normalized spacial score (nSPS) is 22.2. The van der Waals surface area contributed by atoms with Crippen molar-refractivity contribution in [2.75, 3.05) is 31.1 Å². The van der Waals surface area contributed by atoms with Gasteiger partial charge >= 0.3 is 6.18 Å². The Hall–Kier alpha value is -2.88. The summed E-state index contributed by atoms with van der Waals surface area (Å²) in [6, 6.07) is 13.7. The summed E-state index contributed by atoms with van der Waals surface area (Å²) < 4.78 is 45.1. The van der Waals surface area contributed by atoms with Crippen LogP contribution in [0.15, 0.2) is 60.9 Å². The fraction of sp³-hybridized carbons (Fsp3) is 0.414. The van der Waals surface area contributed by atoms with Gasteiger partial charge in [0.2, 0.25) is 5.88 Å². The highest BCUT2D eigenvalue weighted by atomic mass is 35.5. The van der Waals surface area contributed by atoms with Crippen molar-refractivity contribution < 1.29 is 22.7 Å². The lowest BCUT2D eigenvalue weighted by molar-refractivity contribution is -0.137. The lowest BCUT2D eigenvalue weighted by Gasteiger charge is -2.44. The third-order valence-electron chi connectivity index (χ3n) is 8.15. The molecule has 0 spiro atoms. The molecule has 212 valence electrons. The number of nitrogens with zero attached hydrogens (tertiary/aromatic N) is 4. The third kappa shape index (κ3) is 6.06. The fourth-order valence-corrected chi connectivity index (χ4v) is 6.05. The molecule has 1 aromatic carbocycles. The van der Waals surface area contributed by atoms with Gasteiger partial charge in [-0.1, -0.05) is 35.3 Å². The van der Waals surface area contributed by atoms with Gasteiger partial charge in [0, 0.05) is 61.5 Å². The smallest absolute Gasteiger partial charge is 0.417 e. The zero-order valence-electron chi connectivity index (χ0n) is 21.8. The van der Waals surface area contributed by atoms with E-state index in [4.69, 9.17) is 27.9 Å². The number of halogens is 5. The van der Waals surface area contributed by atoms with Gasteiger partial charge in [0.1, 0.15) is 18.2 Å². The molecule has 11 heteroatoms. The van der Waals surface area contributed by atoms with E-state index in [-0.39, 0.29) is 17.9 Å². The molecule has 2 aliphatic rings. The molecule has 40 heavy (non-hydrogen) atoms. The van der Waals surface area contributed by atoms with Crippen LogP contribution in [0.5, 0.6) is 5.88 Å². The maximum Gasteiger partial charge on any atom is 0.417 e. The van der Waals surface area contributed by atoms with E-state index in [2.05, 4.69) is 14.9 Å². The molecular weight excluding hydrogens is 564 g/mol. The zero-order valence-corrected chi connectivity index (χ0v) is 23.3. The zero-order chi connectivity index (χ0) is 28.5. The standard InChI is InChI=1S/C29H29Cl2F3N4O2/c1-19(40-27-9-7-23(31)15-36-27)24-16-38(17-25(24)20-2-5-22(30)6-3-20)28(18-39)10-12-37(13-11-28)26-8-4-21(14-35-26)29(32,33)34/h2-9,14-15,18-19,24-25H,10-13,16-17H2,1H3/t19-,24+,25+/m0/s1. The highest BCUT2D eigenvalue weighted by Gasteiger charge is 2.48. The van der Waals surface area contributed by atoms with Gasteiger partial charge in [-0.05, 0) is 55.7 Å². The molecule has 0 unspecified atom stereocenters. The molecule has 0 aliphatic carbocycles. The van der Waals surface area contributed by atoms with Crippen LogP contribution < -0.4 is 9.64 Å². The number of piperidine rings is 1. The van der Waals surface area contributed by atoms with Crippen LogP contribution in [0.2, 0.25) is 10.0 Å². The minimum Gasteiger partial charge on any atom is -0.474 e. The van der Waals surface area contributed by atoms with Crippen LogP contribution in [0.1, 0.15) is 36.8 Å². The van der Waals surface area contributed by atoms with E-state index >= 15 is 0 Å². The van der Waals surface area contributed by atoms with Crippen LogP contribution in [0.3, 0.4) is 0 Å². The van der Waals surface area contributed by atoms with E-state index in [9.17, 15) is 18.0 Å². The molecule has 0 amide bonds. The second-order valence-electron chi connectivity index (χ2n) is 10.5. The van der Waals surface area contributed by atoms with Gasteiger partial charge in [-0.3, -0.25) is 4.90 Å². The SMILES string of the molecule is C[C@H](Oc1ccc(Cl)cn1)[C@H]1CN(C2(C=O)CCN(c3ccc(C(F)(F)F)cn3)CC2)C[C@@H]1c1ccc(Cl)cc1. The number of pyridine rings is 2. The van der Waals surface area contributed by atoms with E-state index in [0.29, 0.717) is 60.8 Å². The van der Waals surface area contributed by atoms with E-state index in [0.717, 1.165) is 24.1 Å². The summed E-state index contributed by atoms with van der Waals surface area (Å²) in [5.41, 5.74) is -0.360. The lowest BCUT2D eigenvalue weighted by atomic mass is 9.86. The van der Waals surface area contributed by atoms with Crippen LogP contribution in [0, 0.1) is 5.92 Å². The molecule has 2 aliphatic heterocycles. The Bertz CT molecular complexity index is 1300. The topological polar surface area (TPSA) is 58.6 Å². The first-order valence-electron chi connectivity index (χ1n) is 13.1. The Morgan fingerprint density at radius 3 is 2.25 bits per heavy atom. The van der Waals surface area contributed by atoms with Crippen molar-refractivity contribution in [2.24, 2.45) is 5.92 Å². The number of ether oxygens (including phenoxy) is 1. The van der Waals surface area contributed by atoms with E-state index in [1.807, 2.05) is 36.1 Å². The van der Waals surface area contributed by atoms with Crippen molar-refractivity contribution >= 4 is 35.3 Å². The van der Waals surface area contributed by atoms with E-state index in [1.165, 1.54) is 6.07 Å². The Kier molecular flexibility index (Phi) is 8.27. The highest BCUT2D eigenvalue weighted by molar-refractivity contribution is 6.30. The van der Waals surface area contributed by atoms with Gasteiger partial charge < -0.3 is 14.4 Å². The average Bonchev–Trinajstić information content (AvgIpc) is 3.41. The summed E-state index contributed by atoms with van der Waals surface area (Å²) in [4.78, 5) is 25.2. The van der Waals surface area contributed by atoms with Gasteiger partial charge in [0.05, 0.1) is 16.1 Å². The monoisotopic (exact) mass is 592 g/mol. The van der Waals surface area contributed by atoms with E-state index < -0.39 is 17.3 Å². The first-order valence-corrected chi connectivity index (χ1v) is 13.9. The fourth-order valence-electron chi connectivity index (χ4n) is 5.81. The number of hydrogen-bond donors (Lipinski definition) is 0. The van der Waals surface area contributed by atoms with E-state index in [1.54, 1.807) is 18.3 Å². The predicted molar refractivity (Wildman–Crippen MR) is 148 cm³/mol. The van der Waals surface area contributed by atoms with Crippen LogP contribution in [0.4, 0.5) is 19.0 Å². The minimum absolute atomic E-state index is 0.0603. The van der Waals surface area contributed by atoms with Gasteiger partial charge in [-0.15, -0.1) is 0 Å². The number of carbonyl (C=O) groups excluding carboxylic acids is 1. The maximum atomic E-state index is 13.0. The molecule has 0 N–H and O–H groups in total. The maximum absolute atomic E-state index is 13.0. The molecule has 2 aromatic heterocycles. The average molecular weight is 593 g/mol. The third-order valence-corrected chi connectivity index (χ3v) is 8.63. The minimum atomic E-state index is -4.43. The Balaban J connectivity index is 1.33. The number of alkyl halides is 3. The first-order chi connectivity index (χ1) is 19.1. The first kappa shape index (κ1) is 28.6. The molecular formula is C29H29Cl2F3N4O2. The Labute approximate surface area is 241 Å². The van der Waals surface area contributed by atoms with Crippen molar-refractivity contribution in [1.82, 2.24) is 14.9 Å². The summed E-state index contributed by atoms with van der Waals surface area (Å²) >= 11 is 12.1. The molecule has 6 nitrogen and oxygen atoms in total. The molecule has 5 rings (SSSR count). The number of benzene rings is 1. The lowest BCUT2D eigenvalue weighted by Crippen LogP contribution is -2.56. The van der Waals surface area contributed by atoms with Crippen molar-refractivity contribution in [1.29, 1.82) is 0 Å². The summed E-state index contributed by atoms with van der Waals surface area (Å²) in [6.45, 7) is 4.32. The number of carbonyl (C=O) groups is 1. The van der Waals surface area contributed by atoms with Gasteiger partial charge in [0.15, 0.2) is 0 Å². The molecule has 2 fully saturated rings.